The molecule has 29 heavy (non-hydrogen) atoms. The van der Waals surface area contributed by atoms with E-state index in [1.54, 1.807) is 6.20 Å². The van der Waals surface area contributed by atoms with Gasteiger partial charge in [-0.3, -0.25) is 4.79 Å². The van der Waals surface area contributed by atoms with E-state index in [1.807, 2.05) is 36.4 Å². The number of aromatic nitrogens is 4. The third-order valence-electron chi connectivity index (χ3n) is 5.82. The van der Waals surface area contributed by atoms with Crippen molar-refractivity contribution in [3.05, 3.63) is 76.6 Å². The van der Waals surface area contributed by atoms with Gasteiger partial charge in [0.1, 0.15) is 5.82 Å². The number of fused-ring (bicyclic) bond motifs is 2. The van der Waals surface area contributed by atoms with E-state index in [1.165, 1.54) is 0 Å². The molecule has 3 aromatic heterocycles. The molecule has 1 fully saturated rings. The van der Waals surface area contributed by atoms with Gasteiger partial charge < -0.3 is 9.88 Å². The van der Waals surface area contributed by atoms with E-state index in [9.17, 15) is 4.79 Å². The lowest BCUT2D eigenvalue weighted by molar-refractivity contribution is 0.212. The molecule has 1 aromatic carbocycles. The lowest BCUT2D eigenvalue weighted by Gasteiger charge is -2.31. The Bertz CT molecular complexity index is 1210. The van der Waals surface area contributed by atoms with Gasteiger partial charge in [0, 0.05) is 36.2 Å². The molecule has 0 aliphatic carbocycles. The fraction of sp³-hybridized carbons (Fsp3) is 0.304. The Labute approximate surface area is 168 Å². The van der Waals surface area contributed by atoms with Crippen molar-refractivity contribution in [2.24, 2.45) is 0 Å². The van der Waals surface area contributed by atoms with Crippen LogP contribution in [0, 0.1) is 0 Å². The number of nitrogens with zero attached hydrogens (tertiary/aromatic N) is 4. The molecule has 1 aliphatic heterocycles. The van der Waals surface area contributed by atoms with Crippen molar-refractivity contribution in [1.82, 2.24) is 24.8 Å². The quantitative estimate of drug-likeness (QED) is 0.583. The zero-order valence-corrected chi connectivity index (χ0v) is 16.2. The number of H-pyrrole nitrogens is 1. The van der Waals surface area contributed by atoms with E-state index >= 15 is 0 Å². The van der Waals surface area contributed by atoms with E-state index in [0.717, 1.165) is 67.0 Å². The first kappa shape index (κ1) is 17.9. The van der Waals surface area contributed by atoms with Gasteiger partial charge >= 0.3 is 0 Å². The van der Waals surface area contributed by atoms with Crippen LogP contribution in [0.3, 0.4) is 0 Å². The molecule has 0 amide bonds. The minimum absolute atomic E-state index is 0.0553. The summed E-state index contributed by atoms with van der Waals surface area (Å²) in [6.45, 7) is 2.97. The van der Waals surface area contributed by atoms with E-state index in [2.05, 4.69) is 32.0 Å². The van der Waals surface area contributed by atoms with Crippen molar-refractivity contribution in [3.63, 3.8) is 0 Å². The molecule has 0 unspecified atom stereocenters. The molecule has 146 valence electrons. The van der Waals surface area contributed by atoms with Gasteiger partial charge in [-0.25, -0.2) is 15.0 Å². The van der Waals surface area contributed by atoms with E-state index < -0.39 is 0 Å². The molecule has 4 aromatic rings. The van der Waals surface area contributed by atoms with Crippen LogP contribution in [0.25, 0.3) is 21.9 Å². The number of para-hydroxylation sites is 1. The molecule has 1 saturated heterocycles. The number of benzene rings is 1. The second-order valence-corrected chi connectivity index (χ2v) is 7.68. The highest BCUT2D eigenvalue weighted by molar-refractivity contribution is 5.77. The van der Waals surface area contributed by atoms with E-state index in [-0.39, 0.29) is 5.56 Å². The highest BCUT2D eigenvalue weighted by Crippen LogP contribution is 2.27. The van der Waals surface area contributed by atoms with Crippen LogP contribution in [0.5, 0.6) is 0 Å². The Morgan fingerprint density at radius 2 is 1.86 bits per heavy atom. The van der Waals surface area contributed by atoms with Gasteiger partial charge in [0.05, 0.1) is 10.9 Å². The van der Waals surface area contributed by atoms with Crippen molar-refractivity contribution < 1.29 is 0 Å². The van der Waals surface area contributed by atoms with Crippen molar-refractivity contribution in [2.45, 2.75) is 25.2 Å². The Hall–Kier alpha value is -3.12. The maximum Gasteiger partial charge on any atom is 0.258 e. The molecule has 5 rings (SSSR count). The molecule has 0 atom stereocenters. The number of aromatic amines is 1. The summed E-state index contributed by atoms with van der Waals surface area (Å²) in [5.41, 5.74) is 2.69. The Morgan fingerprint density at radius 3 is 2.76 bits per heavy atom. The lowest BCUT2D eigenvalue weighted by atomic mass is 9.92. The zero-order chi connectivity index (χ0) is 19.6. The number of hydrogen-bond acceptors (Lipinski definition) is 5. The minimum atomic E-state index is -0.0553. The smallest absolute Gasteiger partial charge is 0.258 e. The predicted molar refractivity (Wildman–Crippen MR) is 114 cm³/mol. The summed E-state index contributed by atoms with van der Waals surface area (Å²) < 4.78 is 0. The molecule has 0 spiro atoms. The molecule has 6 heteroatoms. The van der Waals surface area contributed by atoms with Gasteiger partial charge in [0.25, 0.3) is 5.56 Å². The van der Waals surface area contributed by atoms with Gasteiger partial charge in [0.15, 0.2) is 5.65 Å². The number of likely N-dealkylation sites (tertiary alicyclic amines) is 1. The number of nitrogens with one attached hydrogen (secondary N) is 1. The second-order valence-electron chi connectivity index (χ2n) is 7.68. The summed E-state index contributed by atoms with van der Waals surface area (Å²) in [7, 11) is 0. The van der Waals surface area contributed by atoms with Crippen LogP contribution in [0.15, 0.2) is 59.5 Å². The maximum atomic E-state index is 12.2. The van der Waals surface area contributed by atoms with Crippen LogP contribution in [0.2, 0.25) is 0 Å². The first-order chi connectivity index (χ1) is 14.3. The highest BCUT2D eigenvalue weighted by atomic mass is 16.1. The molecule has 4 heterocycles. The van der Waals surface area contributed by atoms with Crippen molar-refractivity contribution >= 4 is 21.9 Å². The van der Waals surface area contributed by atoms with Crippen molar-refractivity contribution in [1.29, 1.82) is 0 Å². The highest BCUT2D eigenvalue weighted by Gasteiger charge is 2.22. The summed E-state index contributed by atoms with van der Waals surface area (Å²) in [5.74, 6) is 1.24. The van der Waals surface area contributed by atoms with Crippen molar-refractivity contribution in [2.75, 3.05) is 19.6 Å². The predicted octanol–water partition coefficient (Wildman–Crippen LogP) is 3.29. The van der Waals surface area contributed by atoms with E-state index in [4.69, 9.17) is 4.98 Å². The molecule has 0 radical (unpaired) electrons. The minimum Gasteiger partial charge on any atom is -0.310 e. The van der Waals surface area contributed by atoms with Gasteiger partial charge in [0.2, 0.25) is 0 Å². The maximum absolute atomic E-state index is 12.2. The fourth-order valence-corrected chi connectivity index (χ4v) is 4.16. The van der Waals surface area contributed by atoms with Crippen LogP contribution in [-0.2, 0) is 6.42 Å². The van der Waals surface area contributed by atoms with Crippen LogP contribution in [-0.4, -0.2) is 44.5 Å². The first-order valence-corrected chi connectivity index (χ1v) is 10.2. The van der Waals surface area contributed by atoms with Crippen LogP contribution in [0.4, 0.5) is 0 Å². The number of rotatable bonds is 4. The third-order valence-corrected chi connectivity index (χ3v) is 5.82. The number of piperidine rings is 1. The van der Waals surface area contributed by atoms with Crippen LogP contribution >= 0.6 is 0 Å². The van der Waals surface area contributed by atoms with Gasteiger partial charge in [-0.2, -0.15) is 0 Å². The molecule has 1 N–H and O–H groups in total. The van der Waals surface area contributed by atoms with E-state index in [0.29, 0.717) is 11.3 Å². The summed E-state index contributed by atoms with van der Waals surface area (Å²) in [5, 5.41) is 1.74. The topological polar surface area (TPSA) is 74.8 Å². The number of hydrogen-bond donors (Lipinski definition) is 1. The van der Waals surface area contributed by atoms with Gasteiger partial charge in [-0.05, 0) is 62.3 Å². The monoisotopic (exact) mass is 385 g/mol. The largest absolute Gasteiger partial charge is 0.310 e. The molecule has 6 nitrogen and oxygen atoms in total. The van der Waals surface area contributed by atoms with Crippen molar-refractivity contribution in [3.8, 4) is 0 Å². The molecular formula is C23H23N5O. The fourth-order valence-electron chi connectivity index (χ4n) is 4.16. The SMILES string of the molecule is O=c1[nH]c(CCN2CCC(c3ccc4cccnc4n3)CC2)nc2ccccc12. The average molecular weight is 385 g/mol. The molecule has 0 bridgehead atoms. The van der Waals surface area contributed by atoms with Gasteiger partial charge in [-0.15, -0.1) is 0 Å². The summed E-state index contributed by atoms with van der Waals surface area (Å²) in [6, 6.07) is 15.7. The molecular weight excluding hydrogens is 362 g/mol. The molecule has 0 saturated carbocycles. The Kier molecular flexibility index (Phi) is 4.77. The summed E-state index contributed by atoms with van der Waals surface area (Å²) in [4.78, 5) is 31.4. The second kappa shape index (κ2) is 7.72. The van der Waals surface area contributed by atoms with Crippen LogP contribution in [0.1, 0.15) is 30.3 Å². The zero-order valence-electron chi connectivity index (χ0n) is 16.2. The first-order valence-electron chi connectivity index (χ1n) is 10.2. The average Bonchev–Trinajstić information content (AvgIpc) is 2.78. The normalized spacial score (nSPS) is 15.9. The summed E-state index contributed by atoms with van der Waals surface area (Å²) >= 11 is 0. The third kappa shape index (κ3) is 3.76. The van der Waals surface area contributed by atoms with Crippen LogP contribution < -0.4 is 5.56 Å². The van der Waals surface area contributed by atoms with Gasteiger partial charge in [-0.1, -0.05) is 12.1 Å². The summed E-state index contributed by atoms with van der Waals surface area (Å²) in [6.07, 6.45) is 4.73. The lowest BCUT2D eigenvalue weighted by Crippen LogP contribution is -2.35. The Balaban J connectivity index is 1.21. The number of pyridine rings is 2. The standard InChI is InChI=1S/C23H23N5O/c29-23-18-5-1-2-6-20(18)25-21(27-23)11-15-28-13-9-16(10-14-28)19-8-7-17-4-3-12-24-22(17)26-19/h1-8,12,16H,9-11,13-15H2,(H,25,27,29). The molecule has 1 aliphatic rings. The Morgan fingerprint density at radius 1 is 1.00 bits per heavy atom.